The first-order chi connectivity index (χ1) is 31.8. The molecule has 67 heavy (non-hydrogen) atoms. The molecule has 8 unspecified atom stereocenters. The first-order valence-corrected chi connectivity index (χ1v) is 28.5. The van der Waals surface area contributed by atoms with Gasteiger partial charge >= 0.3 is 35.4 Å². The summed E-state index contributed by atoms with van der Waals surface area (Å²) in [6, 6.07) is 0. The molecule has 0 saturated heterocycles. The maximum absolute atomic E-state index is 13.1. The van der Waals surface area contributed by atoms with Crippen molar-refractivity contribution in [3.63, 3.8) is 0 Å². The first-order valence-electron chi connectivity index (χ1n) is 23.9. The second-order valence-corrected chi connectivity index (χ2v) is 20.5. The number of phosphoric acid groups is 3. The van der Waals surface area contributed by atoms with E-state index in [0.29, 0.717) is 12.8 Å². The van der Waals surface area contributed by atoms with Gasteiger partial charge in [-0.3, -0.25) is 27.7 Å². The highest BCUT2D eigenvalue weighted by Crippen LogP contribution is 2.51. The zero-order valence-corrected chi connectivity index (χ0v) is 42.1. The molecule has 390 valence electrons. The van der Waals surface area contributed by atoms with Crippen LogP contribution in [0.1, 0.15) is 168 Å². The van der Waals surface area contributed by atoms with Crippen LogP contribution in [0.5, 0.6) is 0 Å². The minimum absolute atomic E-state index is 0.0225. The van der Waals surface area contributed by atoms with Gasteiger partial charge in [0.05, 0.1) is 6.61 Å². The minimum Gasteiger partial charge on any atom is -0.462 e. The molecule has 0 radical (unpaired) electrons. The molecule has 19 nitrogen and oxygen atoms in total. The Labute approximate surface area is 397 Å². The van der Waals surface area contributed by atoms with E-state index in [2.05, 4.69) is 71.5 Å². The van der Waals surface area contributed by atoms with Crippen LogP contribution in [0.25, 0.3) is 0 Å². The number of aliphatic hydroxyl groups is 3. The number of unbranched alkanes of at least 4 members (excludes halogenated alkanes) is 16. The van der Waals surface area contributed by atoms with Crippen molar-refractivity contribution < 1.29 is 90.6 Å². The summed E-state index contributed by atoms with van der Waals surface area (Å²) in [5, 5.41) is 31.9. The van der Waals surface area contributed by atoms with Gasteiger partial charge in [0.25, 0.3) is 0 Å². The van der Waals surface area contributed by atoms with Gasteiger partial charge in [0.15, 0.2) is 6.10 Å². The molecule has 22 heteroatoms. The van der Waals surface area contributed by atoms with Crippen LogP contribution >= 0.6 is 23.5 Å². The Morgan fingerprint density at radius 2 is 0.866 bits per heavy atom. The third-order valence-corrected chi connectivity index (χ3v) is 12.6. The smallest absolute Gasteiger partial charge is 0.462 e. The summed E-state index contributed by atoms with van der Waals surface area (Å²) >= 11 is 0. The van der Waals surface area contributed by atoms with Gasteiger partial charge in [0.1, 0.15) is 43.2 Å². The minimum atomic E-state index is -5.60. The van der Waals surface area contributed by atoms with Crippen molar-refractivity contribution in [1.82, 2.24) is 0 Å². The average Bonchev–Trinajstić information content (AvgIpc) is 3.25. The van der Waals surface area contributed by atoms with Crippen LogP contribution in [0, 0.1) is 0 Å². The van der Waals surface area contributed by atoms with Crippen LogP contribution in [-0.4, -0.2) is 108 Å². The lowest BCUT2D eigenvalue weighted by Gasteiger charge is -2.44. The number of hydrogen-bond donors (Lipinski definition) is 8. The van der Waals surface area contributed by atoms with E-state index in [4.69, 9.17) is 18.5 Å². The molecule has 0 spiro atoms. The van der Waals surface area contributed by atoms with E-state index in [0.717, 1.165) is 89.9 Å². The number of rotatable bonds is 40. The zero-order valence-electron chi connectivity index (χ0n) is 39.5. The van der Waals surface area contributed by atoms with Gasteiger partial charge in [-0.25, -0.2) is 13.7 Å². The number of allylic oxidation sites excluding steroid dienone is 8. The van der Waals surface area contributed by atoms with Crippen molar-refractivity contribution >= 4 is 35.4 Å². The molecule has 0 amide bonds. The van der Waals surface area contributed by atoms with Crippen LogP contribution in [0.3, 0.4) is 0 Å². The highest BCUT2D eigenvalue weighted by molar-refractivity contribution is 7.47. The summed E-state index contributed by atoms with van der Waals surface area (Å²) in [7, 11) is -16.6. The fourth-order valence-corrected chi connectivity index (χ4v) is 9.09. The predicted octanol–water partition coefficient (Wildman–Crippen LogP) is 8.62. The lowest BCUT2D eigenvalue weighted by molar-refractivity contribution is -0.213. The Morgan fingerprint density at radius 1 is 0.478 bits per heavy atom. The number of hydrogen-bond acceptors (Lipinski definition) is 14. The zero-order chi connectivity index (χ0) is 50.0. The Morgan fingerprint density at radius 3 is 1.31 bits per heavy atom. The lowest BCUT2D eigenvalue weighted by atomic mass is 9.85. The van der Waals surface area contributed by atoms with Gasteiger partial charge in [-0.15, -0.1) is 0 Å². The number of aliphatic hydroxyl groups excluding tert-OH is 3. The SMILES string of the molecule is CCCCCC=CCC=CCCCCCCCC(=O)OCC(COP(=O)(O)OC1C(O)C(O)C(OP(=O)(O)O)C(OP(=O)(O)O)C1O)OC(=O)CCCCCCCC=CCC=CCCCCC. The third-order valence-electron chi connectivity index (χ3n) is 10.6. The number of esters is 2. The van der Waals surface area contributed by atoms with Gasteiger partial charge in [-0.1, -0.05) is 127 Å². The van der Waals surface area contributed by atoms with Crippen molar-refractivity contribution in [2.45, 2.75) is 211 Å². The summed E-state index contributed by atoms with van der Waals surface area (Å²) in [6.45, 7) is 2.86. The van der Waals surface area contributed by atoms with Crippen molar-refractivity contribution in [2.24, 2.45) is 0 Å². The van der Waals surface area contributed by atoms with E-state index in [1.807, 2.05) is 0 Å². The largest absolute Gasteiger partial charge is 0.472 e. The molecule has 0 heterocycles. The highest BCUT2D eigenvalue weighted by atomic mass is 31.2. The maximum Gasteiger partial charge on any atom is 0.472 e. The monoisotopic (exact) mass is 1020 g/mol. The summed E-state index contributed by atoms with van der Waals surface area (Å²) in [6.07, 6.45) is 22.7. The standard InChI is InChI=1S/C45H81O19P3/c1-3-5-7-9-11-13-15-17-19-21-23-25-27-29-31-33-38(46)59-35-37(61-39(47)34-32-30-28-26-24-22-20-18-16-14-12-10-8-6-4-2)36-60-67(57,58)64-43-40(48)41(49)44(62-65(51,52)53)45(42(43)50)63-66(54,55)56/h11-14,17-20,37,40-45,48-50H,3-10,15-16,21-36H2,1-2H3,(H,57,58)(H2,51,52,53)(H2,54,55,56). The third kappa shape index (κ3) is 33.4. The van der Waals surface area contributed by atoms with Gasteiger partial charge in [0.2, 0.25) is 0 Å². The molecule has 1 aliphatic carbocycles. The lowest BCUT2D eigenvalue weighted by Crippen LogP contribution is -2.65. The van der Waals surface area contributed by atoms with Crippen LogP contribution in [-0.2, 0) is 50.9 Å². The molecular formula is C45H81O19P3. The Balaban J connectivity index is 2.76. The first kappa shape index (κ1) is 63.1. The van der Waals surface area contributed by atoms with E-state index in [1.54, 1.807) is 0 Å². The molecule has 1 fully saturated rings. The van der Waals surface area contributed by atoms with E-state index in [9.17, 15) is 63.1 Å². The Bertz CT molecular complexity index is 1590. The average molecular weight is 1020 g/mol. The van der Waals surface area contributed by atoms with Gasteiger partial charge in [-0.05, 0) is 77.0 Å². The van der Waals surface area contributed by atoms with Crippen molar-refractivity contribution in [1.29, 1.82) is 0 Å². The van der Waals surface area contributed by atoms with Gasteiger partial charge < -0.3 is 49.3 Å². The summed E-state index contributed by atoms with van der Waals surface area (Å²) < 4.78 is 65.4. The number of phosphoric ester groups is 3. The molecular weight excluding hydrogens is 937 g/mol. The molecule has 8 atom stereocenters. The van der Waals surface area contributed by atoms with E-state index in [1.165, 1.54) is 38.5 Å². The molecule has 0 aromatic heterocycles. The maximum atomic E-state index is 13.1. The molecule has 1 aliphatic rings. The number of carbonyl (C=O) groups is 2. The quantitative estimate of drug-likeness (QED) is 0.0123. The summed E-state index contributed by atoms with van der Waals surface area (Å²) in [5.41, 5.74) is 0. The molecule has 0 aromatic rings. The van der Waals surface area contributed by atoms with Crippen molar-refractivity contribution in [2.75, 3.05) is 13.2 Å². The molecule has 8 N–H and O–H groups in total. The summed E-state index contributed by atoms with van der Waals surface area (Å²) in [5.74, 6) is -1.33. The second-order valence-electron chi connectivity index (χ2n) is 16.7. The Kier molecular flexibility index (Phi) is 34.8. The van der Waals surface area contributed by atoms with E-state index < -0.39 is 91.3 Å². The van der Waals surface area contributed by atoms with E-state index in [-0.39, 0.29) is 12.8 Å². The van der Waals surface area contributed by atoms with Crippen molar-refractivity contribution in [3.05, 3.63) is 48.6 Å². The number of ether oxygens (including phenoxy) is 2. The fraction of sp³-hybridized carbons (Fsp3) is 0.778. The van der Waals surface area contributed by atoms with E-state index >= 15 is 0 Å². The molecule has 1 rings (SSSR count). The molecule has 0 bridgehead atoms. The Hall–Kier alpha value is -1.89. The highest BCUT2D eigenvalue weighted by Gasteiger charge is 2.56. The molecule has 0 aromatic carbocycles. The second kappa shape index (κ2) is 37.0. The normalized spacial score (nSPS) is 22.0. The number of carbonyl (C=O) groups excluding carboxylic acids is 2. The topological polar surface area (TPSA) is 303 Å². The predicted molar refractivity (Wildman–Crippen MR) is 252 cm³/mol. The molecule has 0 aliphatic heterocycles. The van der Waals surface area contributed by atoms with Gasteiger partial charge in [0, 0.05) is 12.8 Å². The fourth-order valence-electron chi connectivity index (χ4n) is 6.99. The van der Waals surface area contributed by atoms with Crippen LogP contribution < -0.4 is 0 Å². The van der Waals surface area contributed by atoms with Crippen LogP contribution in [0.2, 0.25) is 0 Å². The summed E-state index contributed by atoms with van der Waals surface area (Å²) in [4.78, 5) is 73.2. The molecule has 1 saturated carbocycles. The van der Waals surface area contributed by atoms with Crippen LogP contribution in [0.4, 0.5) is 0 Å². The van der Waals surface area contributed by atoms with Crippen molar-refractivity contribution in [3.8, 4) is 0 Å². The van der Waals surface area contributed by atoms with Crippen LogP contribution in [0.15, 0.2) is 48.6 Å². The van der Waals surface area contributed by atoms with Gasteiger partial charge in [-0.2, -0.15) is 0 Å².